The van der Waals surface area contributed by atoms with E-state index in [1.165, 1.54) is 16.3 Å². The third-order valence-electron chi connectivity index (χ3n) is 3.57. The lowest BCUT2D eigenvalue weighted by Gasteiger charge is -2.04. The molecule has 0 radical (unpaired) electrons. The number of carbonyl (C=O) groups is 1. The summed E-state index contributed by atoms with van der Waals surface area (Å²) in [5.74, 6) is 1.03. The molecule has 0 aliphatic heterocycles. The highest BCUT2D eigenvalue weighted by atomic mass is 35.5. The maximum Gasteiger partial charge on any atom is 0.250 e. The molecule has 0 saturated carbocycles. The minimum atomic E-state index is -0.121. The van der Waals surface area contributed by atoms with Gasteiger partial charge in [0.2, 0.25) is 5.91 Å². The van der Waals surface area contributed by atoms with Gasteiger partial charge < -0.3 is 0 Å². The monoisotopic (exact) mass is 368 g/mol. The van der Waals surface area contributed by atoms with Gasteiger partial charge in [0, 0.05) is 10.8 Å². The molecule has 0 fully saturated rings. The average molecular weight is 369 g/mol. The lowest BCUT2D eigenvalue weighted by Crippen LogP contribution is -2.19. The number of thioether (sulfide) groups is 1. The Hall–Kier alpha value is -2.30. The van der Waals surface area contributed by atoms with Gasteiger partial charge in [0.15, 0.2) is 0 Å². The van der Waals surface area contributed by atoms with E-state index in [1.54, 1.807) is 30.1 Å². The first kappa shape index (κ1) is 17.5. The third kappa shape index (κ3) is 5.34. The van der Waals surface area contributed by atoms with Gasteiger partial charge >= 0.3 is 0 Å². The molecule has 0 saturated heterocycles. The molecule has 126 valence electrons. The van der Waals surface area contributed by atoms with E-state index in [9.17, 15) is 4.79 Å². The Labute approximate surface area is 156 Å². The van der Waals surface area contributed by atoms with Crippen LogP contribution in [-0.4, -0.2) is 17.9 Å². The minimum Gasteiger partial charge on any atom is -0.272 e. The molecule has 0 atom stereocenters. The molecule has 25 heavy (non-hydrogen) atoms. The van der Waals surface area contributed by atoms with Crippen LogP contribution < -0.4 is 5.43 Å². The van der Waals surface area contributed by atoms with Gasteiger partial charge in [0.1, 0.15) is 0 Å². The molecule has 3 nitrogen and oxygen atoms in total. The summed E-state index contributed by atoms with van der Waals surface area (Å²) in [5, 5.41) is 7.04. The lowest BCUT2D eigenvalue weighted by atomic mass is 10.1. The van der Waals surface area contributed by atoms with Gasteiger partial charge in [-0.2, -0.15) is 5.10 Å². The van der Waals surface area contributed by atoms with E-state index in [4.69, 9.17) is 11.6 Å². The molecule has 1 amide bonds. The quantitative estimate of drug-likeness (QED) is 0.497. The van der Waals surface area contributed by atoms with Crippen LogP contribution in [0.1, 0.15) is 11.1 Å². The number of hydrazone groups is 1. The standard InChI is InChI=1S/C20H17ClN2OS/c21-19-7-3-4-15(11-19)12-22-23-20(24)14-25-13-16-8-9-17-5-1-2-6-18(17)10-16/h1-12H,13-14H2,(H,23,24)/b22-12-. The molecule has 0 unspecified atom stereocenters. The number of nitrogens with zero attached hydrogens (tertiary/aromatic N) is 1. The number of carbonyl (C=O) groups excluding carboxylic acids is 1. The Balaban J connectivity index is 1.45. The number of halogens is 1. The predicted octanol–water partition coefficient (Wildman–Crippen LogP) is 4.88. The molecule has 0 aliphatic carbocycles. The van der Waals surface area contributed by atoms with Crippen molar-refractivity contribution >= 4 is 46.3 Å². The summed E-state index contributed by atoms with van der Waals surface area (Å²) in [6, 6.07) is 21.9. The largest absolute Gasteiger partial charge is 0.272 e. The molecule has 5 heteroatoms. The van der Waals surface area contributed by atoms with Crippen LogP contribution in [0.5, 0.6) is 0 Å². The molecule has 3 rings (SSSR count). The first-order valence-electron chi connectivity index (χ1n) is 7.83. The molecule has 0 heterocycles. The van der Waals surface area contributed by atoms with Crippen molar-refractivity contribution in [3.63, 3.8) is 0 Å². The summed E-state index contributed by atoms with van der Waals surface area (Å²) < 4.78 is 0. The van der Waals surface area contributed by atoms with E-state index < -0.39 is 0 Å². The fourth-order valence-electron chi connectivity index (χ4n) is 2.39. The number of fused-ring (bicyclic) bond motifs is 1. The summed E-state index contributed by atoms with van der Waals surface area (Å²) in [4.78, 5) is 11.8. The Morgan fingerprint density at radius 1 is 1.04 bits per heavy atom. The van der Waals surface area contributed by atoms with E-state index in [0.29, 0.717) is 10.8 Å². The molecule has 1 N–H and O–H groups in total. The molecule has 0 bridgehead atoms. The Morgan fingerprint density at radius 3 is 2.72 bits per heavy atom. The van der Waals surface area contributed by atoms with Gasteiger partial charge in [-0.05, 0) is 34.0 Å². The van der Waals surface area contributed by atoms with Gasteiger partial charge in [0.05, 0.1) is 12.0 Å². The topological polar surface area (TPSA) is 41.5 Å². The first-order chi connectivity index (χ1) is 12.2. The molecular weight excluding hydrogens is 352 g/mol. The van der Waals surface area contributed by atoms with E-state index in [0.717, 1.165) is 11.3 Å². The first-order valence-corrected chi connectivity index (χ1v) is 9.37. The maximum atomic E-state index is 11.8. The van der Waals surface area contributed by atoms with Crippen molar-refractivity contribution in [2.45, 2.75) is 5.75 Å². The molecule has 3 aromatic carbocycles. The van der Waals surface area contributed by atoms with Crippen molar-refractivity contribution in [3.05, 3.63) is 82.9 Å². The summed E-state index contributed by atoms with van der Waals surface area (Å²) in [5.41, 5.74) is 4.58. The number of amides is 1. The van der Waals surface area contributed by atoms with Gasteiger partial charge in [0.25, 0.3) is 0 Å². The summed E-state index contributed by atoms with van der Waals surface area (Å²) in [6.45, 7) is 0. The van der Waals surface area contributed by atoms with Crippen molar-refractivity contribution in [2.24, 2.45) is 5.10 Å². The highest BCUT2D eigenvalue weighted by Crippen LogP contribution is 2.19. The molecule has 0 aliphatic rings. The fourth-order valence-corrected chi connectivity index (χ4v) is 3.35. The van der Waals surface area contributed by atoms with E-state index >= 15 is 0 Å². The second-order valence-electron chi connectivity index (χ2n) is 5.52. The van der Waals surface area contributed by atoms with Crippen molar-refractivity contribution < 1.29 is 4.79 Å². The summed E-state index contributed by atoms with van der Waals surface area (Å²) in [7, 11) is 0. The molecular formula is C20H17ClN2OS. The number of nitrogens with one attached hydrogen (secondary N) is 1. The SMILES string of the molecule is O=C(CSCc1ccc2ccccc2c1)N/N=C\c1cccc(Cl)c1. The van der Waals surface area contributed by atoms with Crippen LogP contribution in [0.2, 0.25) is 5.02 Å². The predicted molar refractivity (Wildman–Crippen MR) is 107 cm³/mol. The van der Waals surface area contributed by atoms with Crippen molar-refractivity contribution in [1.29, 1.82) is 0 Å². The van der Waals surface area contributed by atoms with E-state index in [-0.39, 0.29) is 5.91 Å². The minimum absolute atomic E-state index is 0.121. The number of hydrogen-bond acceptors (Lipinski definition) is 3. The average Bonchev–Trinajstić information content (AvgIpc) is 2.62. The van der Waals surface area contributed by atoms with Gasteiger partial charge in [-0.15, -0.1) is 11.8 Å². The highest BCUT2D eigenvalue weighted by Gasteiger charge is 2.02. The Bertz CT molecular complexity index is 911. The zero-order chi connectivity index (χ0) is 17.5. The lowest BCUT2D eigenvalue weighted by molar-refractivity contribution is -0.118. The highest BCUT2D eigenvalue weighted by molar-refractivity contribution is 7.99. The van der Waals surface area contributed by atoms with Crippen LogP contribution >= 0.6 is 23.4 Å². The van der Waals surface area contributed by atoms with Crippen LogP contribution in [-0.2, 0) is 10.5 Å². The summed E-state index contributed by atoms with van der Waals surface area (Å²) in [6.07, 6.45) is 1.58. The van der Waals surface area contributed by atoms with E-state index in [2.05, 4.69) is 40.9 Å². The maximum absolute atomic E-state index is 11.8. The zero-order valence-electron chi connectivity index (χ0n) is 13.5. The van der Waals surface area contributed by atoms with Crippen LogP contribution in [0.3, 0.4) is 0 Å². The van der Waals surface area contributed by atoms with Gasteiger partial charge in [-0.25, -0.2) is 5.43 Å². The van der Waals surface area contributed by atoms with Gasteiger partial charge in [-0.1, -0.05) is 66.2 Å². The van der Waals surface area contributed by atoms with Crippen LogP contribution in [0.4, 0.5) is 0 Å². The molecule has 0 aromatic heterocycles. The van der Waals surface area contributed by atoms with E-state index in [1.807, 2.05) is 24.3 Å². The number of hydrogen-bond donors (Lipinski definition) is 1. The number of rotatable bonds is 6. The molecule has 0 spiro atoms. The second kappa shape index (κ2) is 8.70. The third-order valence-corrected chi connectivity index (χ3v) is 4.81. The Kier molecular flexibility index (Phi) is 6.09. The van der Waals surface area contributed by atoms with Crippen LogP contribution in [0.25, 0.3) is 10.8 Å². The Morgan fingerprint density at radius 2 is 1.88 bits per heavy atom. The smallest absolute Gasteiger partial charge is 0.250 e. The number of benzene rings is 3. The molecule has 3 aromatic rings. The van der Waals surface area contributed by atoms with Crippen LogP contribution in [0, 0.1) is 0 Å². The normalized spacial score (nSPS) is 11.1. The second-order valence-corrected chi connectivity index (χ2v) is 6.94. The summed E-state index contributed by atoms with van der Waals surface area (Å²) >= 11 is 7.46. The van der Waals surface area contributed by atoms with Gasteiger partial charge in [-0.3, -0.25) is 4.79 Å². The van der Waals surface area contributed by atoms with Crippen LogP contribution in [0.15, 0.2) is 71.8 Å². The zero-order valence-corrected chi connectivity index (χ0v) is 15.1. The van der Waals surface area contributed by atoms with Crippen molar-refractivity contribution in [1.82, 2.24) is 5.43 Å². The fraction of sp³-hybridized carbons (Fsp3) is 0.100. The van der Waals surface area contributed by atoms with Crippen molar-refractivity contribution in [2.75, 3.05) is 5.75 Å². The van der Waals surface area contributed by atoms with Crippen molar-refractivity contribution in [3.8, 4) is 0 Å².